The Morgan fingerprint density at radius 1 is 1.12 bits per heavy atom. The van der Waals surface area contributed by atoms with E-state index >= 15 is 0 Å². The number of hydrogen-bond acceptors (Lipinski definition) is 8. The monoisotopic (exact) mass is 556 g/mol. The minimum absolute atomic E-state index is 0.0152. The van der Waals surface area contributed by atoms with Gasteiger partial charge in [0.15, 0.2) is 16.6 Å². The summed E-state index contributed by atoms with van der Waals surface area (Å²) in [5.74, 6) is -0.0493. The fraction of sp³-hybridized carbons (Fsp3) is 0.258. The van der Waals surface area contributed by atoms with Crippen molar-refractivity contribution in [2.24, 2.45) is 0 Å². The van der Waals surface area contributed by atoms with Crippen molar-refractivity contribution in [3.05, 3.63) is 82.4 Å². The molecule has 9 heteroatoms. The molecule has 6 rings (SSSR count). The lowest BCUT2D eigenvalue weighted by Gasteiger charge is -2.24. The van der Waals surface area contributed by atoms with Crippen LogP contribution >= 0.6 is 11.3 Å². The fourth-order valence-corrected chi connectivity index (χ4v) is 6.41. The van der Waals surface area contributed by atoms with Crippen LogP contribution in [0.4, 0.5) is 5.13 Å². The van der Waals surface area contributed by atoms with E-state index in [1.165, 1.54) is 23.3 Å². The van der Waals surface area contributed by atoms with Crippen LogP contribution in [0.1, 0.15) is 42.1 Å². The van der Waals surface area contributed by atoms with E-state index in [9.17, 15) is 14.7 Å². The summed E-state index contributed by atoms with van der Waals surface area (Å²) in [7, 11) is 1.53. The SMILES string of the molecule is CCOc1ccc(C2C(=C(O)c3ccc4c(c3)CC(C)O4)C(=O)C(=O)N2c2nc3ccc(C)cc3s2)cc1OC. The number of aliphatic hydroxyl groups is 1. The highest BCUT2D eigenvalue weighted by atomic mass is 32.1. The summed E-state index contributed by atoms with van der Waals surface area (Å²) in [6, 6.07) is 15.5. The van der Waals surface area contributed by atoms with Crippen molar-refractivity contribution in [3.63, 3.8) is 0 Å². The number of Topliss-reactive ketones (excluding diaryl/α,β-unsaturated/α-hetero) is 1. The van der Waals surface area contributed by atoms with E-state index < -0.39 is 17.7 Å². The highest BCUT2D eigenvalue weighted by Gasteiger charge is 2.48. The lowest BCUT2D eigenvalue weighted by atomic mass is 9.94. The Morgan fingerprint density at radius 3 is 2.73 bits per heavy atom. The van der Waals surface area contributed by atoms with Crippen LogP contribution in [0.25, 0.3) is 16.0 Å². The molecule has 40 heavy (non-hydrogen) atoms. The molecule has 1 amide bonds. The Kier molecular flexibility index (Phi) is 6.46. The lowest BCUT2D eigenvalue weighted by Crippen LogP contribution is -2.29. The molecule has 1 aromatic heterocycles. The molecule has 204 valence electrons. The first kappa shape index (κ1) is 25.9. The first-order valence-electron chi connectivity index (χ1n) is 13.1. The third-order valence-corrected chi connectivity index (χ3v) is 8.17. The molecule has 8 nitrogen and oxygen atoms in total. The molecule has 0 radical (unpaired) electrons. The van der Waals surface area contributed by atoms with Crippen LogP contribution < -0.4 is 19.1 Å². The van der Waals surface area contributed by atoms with E-state index in [0.717, 1.165) is 27.1 Å². The molecule has 3 aromatic carbocycles. The maximum Gasteiger partial charge on any atom is 0.301 e. The Labute approximate surface area is 235 Å². The van der Waals surface area contributed by atoms with Crippen LogP contribution in [-0.2, 0) is 16.0 Å². The molecule has 2 atom stereocenters. The maximum atomic E-state index is 13.7. The first-order chi connectivity index (χ1) is 19.3. The second kappa shape index (κ2) is 9.98. The van der Waals surface area contributed by atoms with Crippen LogP contribution in [0, 0.1) is 6.92 Å². The van der Waals surface area contributed by atoms with Gasteiger partial charge < -0.3 is 19.3 Å². The number of nitrogens with zero attached hydrogens (tertiary/aromatic N) is 2. The molecule has 2 unspecified atom stereocenters. The number of methoxy groups -OCH3 is 1. The van der Waals surface area contributed by atoms with Gasteiger partial charge in [-0.2, -0.15) is 0 Å². The topological polar surface area (TPSA) is 98.2 Å². The molecule has 0 aliphatic carbocycles. The van der Waals surface area contributed by atoms with Gasteiger partial charge >= 0.3 is 5.91 Å². The number of carbonyl (C=O) groups is 2. The van der Waals surface area contributed by atoms with Crippen LogP contribution in [0.3, 0.4) is 0 Å². The number of fused-ring (bicyclic) bond motifs is 2. The molecular formula is C31H28N2O6S. The molecule has 3 heterocycles. The number of amides is 1. The largest absolute Gasteiger partial charge is 0.507 e. The van der Waals surface area contributed by atoms with Gasteiger partial charge in [-0.05, 0) is 79.9 Å². The van der Waals surface area contributed by atoms with Crippen molar-refractivity contribution in [3.8, 4) is 17.2 Å². The Morgan fingerprint density at radius 2 is 1.95 bits per heavy atom. The average molecular weight is 557 g/mol. The third kappa shape index (κ3) is 4.26. The predicted molar refractivity (Wildman–Crippen MR) is 154 cm³/mol. The smallest absolute Gasteiger partial charge is 0.301 e. The molecule has 1 N–H and O–H groups in total. The molecule has 0 spiro atoms. The number of rotatable bonds is 6. The minimum Gasteiger partial charge on any atom is -0.507 e. The average Bonchev–Trinajstić information content (AvgIpc) is 3.60. The summed E-state index contributed by atoms with van der Waals surface area (Å²) in [6.07, 6.45) is 0.715. The molecule has 0 saturated carbocycles. The van der Waals surface area contributed by atoms with Crippen molar-refractivity contribution < 1.29 is 28.9 Å². The zero-order valence-corrected chi connectivity index (χ0v) is 23.4. The quantitative estimate of drug-likeness (QED) is 0.178. The van der Waals surface area contributed by atoms with Gasteiger partial charge in [-0.15, -0.1) is 0 Å². The number of thiazole rings is 1. The van der Waals surface area contributed by atoms with Crippen molar-refractivity contribution >= 4 is 44.1 Å². The molecule has 0 bridgehead atoms. The van der Waals surface area contributed by atoms with Crippen molar-refractivity contribution in [2.75, 3.05) is 18.6 Å². The number of ketones is 1. The Hall–Kier alpha value is -4.37. The zero-order valence-electron chi connectivity index (χ0n) is 22.6. The van der Waals surface area contributed by atoms with E-state index in [-0.39, 0.29) is 17.4 Å². The van der Waals surface area contributed by atoms with Gasteiger partial charge in [-0.1, -0.05) is 23.5 Å². The van der Waals surface area contributed by atoms with E-state index in [4.69, 9.17) is 19.2 Å². The summed E-state index contributed by atoms with van der Waals surface area (Å²) in [6.45, 7) is 6.28. The highest BCUT2D eigenvalue weighted by molar-refractivity contribution is 7.22. The summed E-state index contributed by atoms with van der Waals surface area (Å²) in [5.41, 5.74) is 3.73. The number of benzene rings is 3. The number of aromatic nitrogens is 1. The van der Waals surface area contributed by atoms with Crippen LogP contribution in [-0.4, -0.2) is 41.6 Å². The predicted octanol–water partition coefficient (Wildman–Crippen LogP) is 5.96. The molecule has 1 saturated heterocycles. The summed E-state index contributed by atoms with van der Waals surface area (Å²) in [5, 5.41) is 12.0. The first-order valence-corrected chi connectivity index (χ1v) is 13.9. The molecule has 4 aromatic rings. The normalized spacial score (nSPS) is 19.6. The number of anilines is 1. The standard InChI is InChI=1S/C31H28N2O6S/c1-5-38-23-11-7-18(15-24(23)37-4)27-26(28(34)19-8-10-22-20(14-19)13-17(3)39-22)29(35)30(36)33(27)31-32-21-9-6-16(2)12-25(21)40-31/h6-12,14-15,17,27,34H,5,13H2,1-4H3. The number of aliphatic hydroxyl groups excluding tert-OH is 1. The summed E-state index contributed by atoms with van der Waals surface area (Å²) in [4.78, 5) is 33.4. The zero-order chi connectivity index (χ0) is 28.1. The van der Waals surface area contributed by atoms with E-state index in [2.05, 4.69) is 0 Å². The van der Waals surface area contributed by atoms with Gasteiger partial charge in [-0.25, -0.2) is 4.98 Å². The van der Waals surface area contributed by atoms with Crippen LogP contribution in [0.15, 0.2) is 60.2 Å². The van der Waals surface area contributed by atoms with E-state index in [0.29, 0.717) is 40.8 Å². The Bertz CT molecular complexity index is 1710. The number of ether oxygens (including phenoxy) is 3. The maximum absolute atomic E-state index is 13.7. The van der Waals surface area contributed by atoms with Gasteiger partial charge in [0.25, 0.3) is 5.78 Å². The number of carbonyl (C=O) groups excluding carboxylic acids is 2. The Balaban J connectivity index is 1.55. The van der Waals surface area contributed by atoms with E-state index in [1.54, 1.807) is 30.3 Å². The number of hydrogen-bond donors (Lipinski definition) is 1. The molecular weight excluding hydrogens is 528 g/mol. The lowest BCUT2D eigenvalue weighted by molar-refractivity contribution is -0.132. The molecule has 2 aliphatic rings. The van der Waals surface area contributed by atoms with Crippen molar-refractivity contribution in [2.45, 2.75) is 39.3 Å². The highest BCUT2D eigenvalue weighted by Crippen LogP contribution is 2.46. The van der Waals surface area contributed by atoms with Gasteiger partial charge in [-0.3, -0.25) is 14.5 Å². The minimum atomic E-state index is -0.935. The van der Waals surface area contributed by atoms with Gasteiger partial charge in [0.05, 0.1) is 35.5 Å². The summed E-state index contributed by atoms with van der Waals surface area (Å²) < 4.78 is 18.0. The van der Waals surface area contributed by atoms with Crippen molar-refractivity contribution in [1.29, 1.82) is 0 Å². The summed E-state index contributed by atoms with van der Waals surface area (Å²) >= 11 is 1.33. The fourth-order valence-electron chi connectivity index (χ4n) is 5.32. The second-order valence-corrected chi connectivity index (χ2v) is 10.9. The van der Waals surface area contributed by atoms with Gasteiger partial charge in [0, 0.05) is 12.0 Å². The van der Waals surface area contributed by atoms with Crippen molar-refractivity contribution in [1.82, 2.24) is 4.98 Å². The van der Waals surface area contributed by atoms with Crippen LogP contribution in [0.5, 0.6) is 17.2 Å². The molecule has 2 aliphatic heterocycles. The second-order valence-electron chi connectivity index (χ2n) is 9.94. The van der Waals surface area contributed by atoms with Crippen LogP contribution in [0.2, 0.25) is 0 Å². The van der Waals surface area contributed by atoms with Gasteiger partial charge in [0.2, 0.25) is 0 Å². The third-order valence-electron chi connectivity index (χ3n) is 7.16. The van der Waals surface area contributed by atoms with Gasteiger partial charge in [0.1, 0.15) is 17.6 Å². The number of aryl methyl sites for hydroxylation is 1. The van der Waals surface area contributed by atoms with E-state index in [1.807, 2.05) is 45.0 Å². The molecule has 1 fully saturated rings.